The van der Waals surface area contributed by atoms with Gasteiger partial charge in [0.15, 0.2) is 0 Å². The summed E-state index contributed by atoms with van der Waals surface area (Å²) in [6, 6.07) is 7.63. The molecule has 0 saturated carbocycles. The van der Waals surface area contributed by atoms with Crippen molar-refractivity contribution in [1.29, 1.82) is 0 Å². The van der Waals surface area contributed by atoms with E-state index in [1.807, 2.05) is 50.0 Å². The number of allylic oxidation sites excluding steroid dienone is 1. The highest BCUT2D eigenvalue weighted by Gasteiger charge is 2.39. The van der Waals surface area contributed by atoms with Gasteiger partial charge < -0.3 is 4.74 Å². The van der Waals surface area contributed by atoms with Crippen molar-refractivity contribution in [3.05, 3.63) is 35.5 Å². The molecule has 1 aromatic rings. The van der Waals surface area contributed by atoms with Crippen molar-refractivity contribution in [3.8, 4) is 0 Å². The summed E-state index contributed by atoms with van der Waals surface area (Å²) in [4.78, 5) is 24.8. The quantitative estimate of drug-likeness (QED) is 0.748. The lowest BCUT2D eigenvalue weighted by atomic mass is 9.99. The van der Waals surface area contributed by atoms with Gasteiger partial charge in [-0.1, -0.05) is 18.2 Å². The first-order valence-electron chi connectivity index (χ1n) is 7.43. The Balaban J connectivity index is 2.13. The van der Waals surface area contributed by atoms with E-state index in [-0.39, 0.29) is 5.91 Å². The van der Waals surface area contributed by atoms with Gasteiger partial charge in [0.25, 0.3) is 0 Å². The van der Waals surface area contributed by atoms with Crippen molar-refractivity contribution in [3.63, 3.8) is 0 Å². The Morgan fingerprint density at radius 3 is 2.59 bits per heavy atom. The maximum Gasteiger partial charge on any atom is 0.341 e. The molecule has 2 heterocycles. The van der Waals surface area contributed by atoms with Crippen LogP contribution in [0.5, 0.6) is 0 Å². The number of para-hydroxylation sites is 1. The summed E-state index contributed by atoms with van der Waals surface area (Å²) in [7, 11) is 0. The molecule has 0 unspecified atom stereocenters. The number of carbonyl (C=O) groups excluding carboxylic acids is 2. The third-order valence-electron chi connectivity index (χ3n) is 3.75. The van der Waals surface area contributed by atoms with E-state index in [0.29, 0.717) is 24.2 Å². The van der Waals surface area contributed by atoms with Crippen LogP contribution in [-0.2, 0) is 14.3 Å². The fourth-order valence-electron chi connectivity index (χ4n) is 2.94. The Morgan fingerprint density at radius 2 is 1.91 bits per heavy atom. The fraction of sp³-hybridized carbons (Fsp3) is 0.412. The molecule has 22 heavy (non-hydrogen) atoms. The molecular weight excluding hydrogens is 280 g/mol. The minimum absolute atomic E-state index is 0.00746. The second-order valence-corrected chi connectivity index (χ2v) is 6.56. The lowest BCUT2D eigenvalue weighted by Crippen LogP contribution is -2.42. The topological polar surface area (TPSA) is 49.9 Å². The number of hydrogen-bond acceptors (Lipinski definition) is 4. The molecule has 0 aromatic heterocycles. The molecule has 0 N–H and O–H groups in total. The standard InChI is InChI=1S/C17H20N2O3/c1-11-15(16(21)22-17(2,3)4)12-7-5-6-8-13(12)18-10-9-14(20)19(11)18/h5-8H,9-10H2,1-4H3. The normalized spacial score (nSPS) is 17.5. The zero-order chi connectivity index (χ0) is 16.1. The van der Waals surface area contributed by atoms with Gasteiger partial charge in [-0.05, 0) is 33.8 Å². The number of fused-ring (bicyclic) bond motifs is 3. The summed E-state index contributed by atoms with van der Waals surface area (Å²) >= 11 is 0. The highest BCUT2D eigenvalue weighted by molar-refractivity contribution is 6.20. The van der Waals surface area contributed by atoms with E-state index in [0.717, 1.165) is 11.3 Å². The molecule has 3 rings (SSSR count). The van der Waals surface area contributed by atoms with Gasteiger partial charge >= 0.3 is 5.97 Å². The number of esters is 1. The Kier molecular flexibility index (Phi) is 3.24. The smallest absolute Gasteiger partial charge is 0.341 e. The van der Waals surface area contributed by atoms with Crippen LogP contribution in [-0.4, -0.2) is 29.0 Å². The van der Waals surface area contributed by atoms with Crippen molar-refractivity contribution in [1.82, 2.24) is 5.01 Å². The second-order valence-electron chi connectivity index (χ2n) is 6.56. The summed E-state index contributed by atoms with van der Waals surface area (Å²) in [5, 5.41) is 3.53. The highest BCUT2D eigenvalue weighted by Crippen LogP contribution is 2.40. The van der Waals surface area contributed by atoms with E-state index in [2.05, 4.69) is 0 Å². The first kappa shape index (κ1) is 14.6. The van der Waals surface area contributed by atoms with Gasteiger partial charge in [0.05, 0.1) is 17.0 Å². The predicted octanol–water partition coefficient (Wildman–Crippen LogP) is 2.73. The number of rotatable bonds is 1. The van der Waals surface area contributed by atoms with Crippen LogP contribution in [0.4, 0.5) is 5.69 Å². The summed E-state index contributed by atoms with van der Waals surface area (Å²) in [6.45, 7) is 7.94. The molecule has 0 atom stereocenters. The zero-order valence-corrected chi connectivity index (χ0v) is 13.3. The molecule has 1 amide bonds. The number of nitrogens with zero attached hydrogens (tertiary/aromatic N) is 2. The van der Waals surface area contributed by atoms with Gasteiger partial charge in [-0.2, -0.15) is 0 Å². The third-order valence-corrected chi connectivity index (χ3v) is 3.75. The van der Waals surface area contributed by atoms with Crippen LogP contribution in [0.25, 0.3) is 5.57 Å². The van der Waals surface area contributed by atoms with Crippen LogP contribution in [0, 0.1) is 0 Å². The number of anilines is 1. The molecule has 1 fully saturated rings. The van der Waals surface area contributed by atoms with Gasteiger partial charge in [-0.15, -0.1) is 0 Å². The number of carbonyl (C=O) groups is 2. The summed E-state index contributed by atoms with van der Waals surface area (Å²) < 4.78 is 5.53. The van der Waals surface area contributed by atoms with Gasteiger partial charge in [-0.3, -0.25) is 9.80 Å². The third kappa shape index (κ3) is 2.26. The lowest BCUT2D eigenvalue weighted by Gasteiger charge is -2.37. The Labute approximate surface area is 130 Å². The monoisotopic (exact) mass is 300 g/mol. The molecule has 0 aliphatic carbocycles. The van der Waals surface area contributed by atoms with Crippen molar-refractivity contribution in [2.45, 2.75) is 39.7 Å². The van der Waals surface area contributed by atoms with E-state index < -0.39 is 11.6 Å². The maximum atomic E-state index is 12.6. The molecule has 1 aromatic carbocycles. The second kappa shape index (κ2) is 4.87. The summed E-state index contributed by atoms with van der Waals surface area (Å²) in [5.41, 5.74) is 2.22. The van der Waals surface area contributed by atoms with Crippen molar-refractivity contribution >= 4 is 23.1 Å². The average Bonchev–Trinajstić information content (AvgIpc) is 2.80. The van der Waals surface area contributed by atoms with Gasteiger partial charge in [0.1, 0.15) is 5.60 Å². The van der Waals surface area contributed by atoms with E-state index in [1.165, 1.54) is 0 Å². The van der Waals surface area contributed by atoms with Gasteiger partial charge in [-0.25, -0.2) is 9.80 Å². The number of hydrazine groups is 1. The van der Waals surface area contributed by atoms with E-state index in [4.69, 9.17) is 4.74 Å². The highest BCUT2D eigenvalue weighted by atomic mass is 16.6. The molecule has 2 aliphatic heterocycles. The van der Waals surface area contributed by atoms with Crippen molar-refractivity contribution in [2.75, 3.05) is 11.6 Å². The van der Waals surface area contributed by atoms with Crippen LogP contribution in [0.15, 0.2) is 30.0 Å². The first-order valence-corrected chi connectivity index (χ1v) is 7.43. The number of amides is 1. The predicted molar refractivity (Wildman–Crippen MR) is 83.7 cm³/mol. The van der Waals surface area contributed by atoms with E-state index in [1.54, 1.807) is 11.9 Å². The Hall–Kier alpha value is -2.30. The molecule has 0 spiro atoms. The molecule has 5 heteroatoms. The van der Waals surface area contributed by atoms with Crippen LogP contribution in [0.3, 0.4) is 0 Å². The van der Waals surface area contributed by atoms with Gasteiger partial charge in [0.2, 0.25) is 5.91 Å². The zero-order valence-electron chi connectivity index (χ0n) is 13.3. The number of ether oxygens (including phenoxy) is 1. The molecule has 5 nitrogen and oxygen atoms in total. The van der Waals surface area contributed by atoms with E-state index >= 15 is 0 Å². The molecule has 1 saturated heterocycles. The Bertz CT molecular complexity index is 685. The first-order chi connectivity index (χ1) is 10.3. The van der Waals surface area contributed by atoms with Crippen LogP contribution < -0.4 is 5.01 Å². The molecular formula is C17H20N2O3. The van der Waals surface area contributed by atoms with Crippen molar-refractivity contribution in [2.24, 2.45) is 0 Å². The SMILES string of the molecule is CC1=C(C(=O)OC(C)(C)C)c2ccccc2N2CCC(=O)N12. The van der Waals surface area contributed by atoms with Crippen LogP contribution in [0.2, 0.25) is 0 Å². The molecule has 2 aliphatic rings. The average molecular weight is 300 g/mol. The molecule has 0 radical (unpaired) electrons. The minimum Gasteiger partial charge on any atom is -0.456 e. The summed E-state index contributed by atoms with van der Waals surface area (Å²) in [6.07, 6.45) is 0.452. The number of benzene rings is 1. The minimum atomic E-state index is -0.578. The summed E-state index contributed by atoms with van der Waals surface area (Å²) in [5.74, 6) is -0.384. The molecule has 116 valence electrons. The Morgan fingerprint density at radius 1 is 1.23 bits per heavy atom. The largest absolute Gasteiger partial charge is 0.456 e. The van der Waals surface area contributed by atoms with E-state index in [9.17, 15) is 9.59 Å². The van der Waals surface area contributed by atoms with Crippen LogP contribution >= 0.6 is 0 Å². The van der Waals surface area contributed by atoms with Crippen LogP contribution in [0.1, 0.15) is 39.7 Å². The lowest BCUT2D eigenvalue weighted by molar-refractivity contribution is -0.147. The van der Waals surface area contributed by atoms with Crippen molar-refractivity contribution < 1.29 is 14.3 Å². The van der Waals surface area contributed by atoms with Gasteiger partial charge in [0, 0.05) is 18.5 Å². The number of hydrogen-bond donors (Lipinski definition) is 0. The fourth-order valence-corrected chi connectivity index (χ4v) is 2.94. The molecule has 0 bridgehead atoms. The maximum absolute atomic E-state index is 12.6.